The number of nitrogens with two attached hydrogens (primary N) is 1. The van der Waals surface area contributed by atoms with Gasteiger partial charge in [-0.1, -0.05) is 25.1 Å². The first-order valence-electron chi connectivity index (χ1n) is 6.02. The Hall–Kier alpha value is -2.01. The fourth-order valence-corrected chi connectivity index (χ4v) is 2.09. The third kappa shape index (κ3) is 2.29. The van der Waals surface area contributed by atoms with Crippen molar-refractivity contribution in [3.8, 4) is 5.88 Å². The van der Waals surface area contributed by atoms with Crippen LogP contribution in [0.3, 0.4) is 0 Å². The number of ether oxygens (including phenoxy) is 1. The van der Waals surface area contributed by atoms with E-state index in [1.165, 1.54) is 25.6 Å². The second-order valence-electron chi connectivity index (χ2n) is 4.22. The molecule has 100 valence electrons. The number of halogens is 1. The zero-order valence-electron chi connectivity index (χ0n) is 10.9. The third-order valence-corrected chi connectivity index (χ3v) is 3.19. The highest BCUT2D eigenvalue weighted by Crippen LogP contribution is 2.34. The molecule has 1 aromatic heterocycles. The molecule has 0 saturated carbocycles. The lowest BCUT2D eigenvalue weighted by atomic mass is 9.84. The van der Waals surface area contributed by atoms with Crippen LogP contribution in [0.25, 0.3) is 0 Å². The van der Waals surface area contributed by atoms with Gasteiger partial charge in [-0.05, 0) is 12.5 Å². The summed E-state index contributed by atoms with van der Waals surface area (Å²) in [5, 5.41) is 0. The van der Waals surface area contributed by atoms with E-state index in [0.29, 0.717) is 23.6 Å². The molecule has 1 aromatic carbocycles. The van der Waals surface area contributed by atoms with Crippen LogP contribution in [0.2, 0.25) is 0 Å². The highest BCUT2D eigenvalue weighted by Gasteiger charge is 2.35. The van der Waals surface area contributed by atoms with E-state index in [0.717, 1.165) is 0 Å². The van der Waals surface area contributed by atoms with Gasteiger partial charge in [0.1, 0.15) is 11.5 Å². The average Bonchev–Trinajstić information content (AvgIpc) is 2.47. The number of aromatic nitrogens is 2. The summed E-state index contributed by atoms with van der Waals surface area (Å²) in [5.41, 5.74) is 6.15. The van der Waals surface area contributed by atoms with E-state index >= 15 is 0 Å². The zero-order chi connectivity index (χ0) is 13.9. The van der Waals surface area contributed by atoms with Crippen LogP contribution >= 0.6 is 0 Å². The first-order chi connectivity index (χ1) is 9.13. The molecule has 0 spiro atoms. The molecule has 1 unspecified atom stereocenters. The number of hydrogen-bond donors (Lipinski definition) is 1. The Morgan fingerprint density at radius 2 is 1.95 bits per heavy atom. The minimum absolute atomic E-state index is 0.315. The normalized spacial score (nSPS) is 13.9. The number of nitrogens with zero attached hydrogens (tertiary/aromatic N) is 2. The fourth-order valence-electron chi connectivity index (χ4n) is 2.09. The van der Waals surface area contributed by atoms with E-state index in [2.05, 4.69) is 9.97 Å². The molecule has 0 aliphatic rings. The Balaban J connectivity index is 2.63. The first kappa shape index (κ1) is 13.4. The van der Waals surface area contributed by atoms with Crippen molar-refractivity contribution in [2.75, 3.05) is 7.11 Å². The molecule has 0 radical (unpaired) electrons. The van der Waals surface area contributed by atoms with E-state index in [1.807, 2.05) is 6.92 Å². The van der Waals surface area contributed by atoms with E-state index in [1.54, 1.807) is 18.2 Å². The van der Waals surface area contributed by atoms with Crippen LogP contribution in [0, 0.1) is 5.82 Å². The van der Waals surface area contributed by atoms with Gasteiger partial charge in [0.25, 0.3) is 0 Å². The molecule has 0 amide bonds. The Bertz CT molecular complexity index is 576. The van der Waals surface area contributed by atoms with Crippen molar-refractivity contribution in [1.29, 1.82) is 0 Å². The standard InChI is InChI=1S/C14H16FN3O/c1-3-14(16,10-6-4-5-7-11(10)15)12-13(19-2)18-9-8-17-12/h4-9H,3,16H2,1-2H3. The van der Waals surface area contributed by atoms with E-state index in [9.17, 15) is 4.39 Å². The second kappa shape index (κ2) is 5.32. The van der Waals surface area contributed by atoms with Crippen LogP contribution < -0.4 is 10.5 Å². The second-order valence-corrected chi connectivity index (χ2v) is 4.22. The lowest BCUT2D eigenvalue weighted by molar-refractivity contribution is 0.365. The quantitative estimate of drug-likeness (QED) is 0.916. The predicted octanol–water partition coefficient (Wildman–Crippen LogP) is 2.24. The summed E-state index contributed by atoms with van der Waals surface area (Å²) < 4.78 is 19.2. The van der Waals surface area contributed by atoms with Crippen LogP contribution in [-0.2, 0) is 5.54 Å². The molecule has 2 aromatic rings. The van der Waals surface area contributed by atoms with E-state index in [4.69, 9.17) is 10.5 Å². The van der Waals surface area contributed by atoms with E-state index in [-0.39, 0.29) is 5.82 Å². The van der Waals surface area contributed by atoms with Gasteiger partial charge in [-0.15, -0.1) is 0 Å². The number of rotatable bonds is 4. The van der Waals surface area contributed by atoms with Crippen LogP contribution in [0.5, 0.6) is 5.88 Å². The molecule has 1 atom stereocenters. The first-order valence-corrected chi connectivity index (χ1v) is 6.02. The monoisotopic (exact) mass is 261 g/mol. The SMILES string of the molecule is CCC(N)(c1ccccc1F)c1nccnc1OC. The van der Waals surface area contributed by atoms with Crippen molar-refractivity contribution in [2.24, 2.45) is 5.73 Å². The van der Waals surface area contributed by atoms with Crippen LogP contribution in [0.4, 0.5) is 4.39 Å². The van der Waals surface area contributed by atoms with Crippen molar-refractivity contribution in [3.63, 3.8) is 0 Å². The van der Waals surface area contributed by atoms with Gasteiger partial charge in [0.15, 0.2) is 0 Å². The van der Waals surface area contributed by atoms with Gasteiger partial charge in [-0.2, -0.15) is 0 Å². The van der Waals surface area contributed by atoms with Gasteiger partial charge >= 0.3 is 0 Å². The molecular formula is C14H16FN3O. The van der Waals surface area contributed by atoms with Crippen molar-refractivity contribution in [2.45, 2.75) is 18.9 Å². The third-order valence-electron chi connectivity index (χ3n) is 3.19. The van der Waals surface area contributed by atoms with Gasteiger partial charge in [-0.25, -0.2) is 9.37 Å². The van der Waals surface area contributed by atoms with Gasteiger partial charge in [0, 0.05) is 18.0 Å². The Labute approximate surface area is 111 Å². The van der Waals surface area contributed by atoms with E-state index < -0.39 is 5.54 Å². The van der Waals surface area contributed by atoms with Gasteiger partial charge in [-0.3, -0.25) is 4.98 Å². The Morgan fingerprint density at radius 1 is 1.26 bits per heavy atom. The fraction of sp³-hybridized carbons (Fsp3) is 0.286. The zero-order valence-corrected chi connectivity index (χ0v) is 10.9. The lowest BCUT2D eigenvalue weighted by Crippen LogP contribution is -2.39. The number of hydrogen-bond acceptors (Lipinski definition) is 4. The number of benzene rings is 1. The molecule has 4 nitrogen and oxygen atoms in total. The minimum Gasteiger partial charge on any atom is -0.480 e. The summed E-state index contributed by atoms with van der Waals surface area (Å²) in [5.74, 6) is -0.0466. The van der Waals surface area contributed by atoms with Gasteiger partial charge in [0.05, 0.1) is 12.6 Å². The smallest absolute Gasteiger partial charge is 0.237 e. The van der Waals surface area contributed by atoms with Crippen LogP contribution in [-0.4, -0.2) is 17.1 Å². The Morgan fingerprint density at radius 3 is 2.58 bits per heavy atom. The van der Waals surface area contributed by atoms with Crippen LogP contribution in [0.15, 0.2) is 36.7 Å². The highest BCUT2D eigenvalue weighted by atomic mass is 19.1. The maximum Gasteiger partial charge on any atom is 0.237 e. The molecule has 1 heterocycles. The summed E-state index contributed by atoms with van der Waals surface area (Å²) in [6.07, 6.45) is 3.51. The molecule has 2 rings (SSSR count). The van der Waals surface area contributed by atoms with Crippen molar-refractivity contribution >= 4 is 0 Å². The van der Waals surface area contributed by atoms with Gasteiger partial charge < -0.3 is 10.5 Å². The van der Waals surface area contributed by atoms with Crippen LogP contribution in [0.1, 0.15) is 24.6 Å². The maximum absolute atomic E-state index is 14.0. The topological polar surface area (TPSA) is 61.0 Å². The van der Waals surface area contributed by atoms with Gasteiger partial charge in [0.2, 0.25) is 5.88 Å². The van der Waals surface area contributed by atoms with Crippen molar-refractivity contribution in [3.05, 3.63) is 53.7 Å². The molecular weight excluding hydrogens is 245 g/mol. The van der Waals surface area contributed by atoms with Crippen molar-refractivity contribution < 1.29 is 9.13 Å². The average molecular weight is 261 g/mol. The lowest BCUT2D eigenvalue weighted by Gasteiger charge is -2.29. The molecule has 0 aliphatic heterocycles. The molecule has 2 N–H and O–H groups in total. The van der Waals surface area contributed by atoms with Crippen molar-refractivity contribution in [1.82, 2.24) is 9.97 Å². The number of methoxy groups -OCH3 is 1. The summed E-state index contributed by atoms with van der Waals surface area (Å²) >= 11 is 0. The molecule has 0 saturated heterocycles. The maximum atomic E-state index is 14.0. The summed E-state index contributed by atoms with van der Waals surface area (Å²) in [4.78, 5) is 8.31. The molecule has 19 heavy (non-hydrogen) atoms. The molecule has 0 bridgehead atoms. The molecule has 0 aliphatic carbocycles. The highest BCUT2D eigenvalue weighted by molar-refractivity contribution is 5.39. The summed E-state index contributed by atoms with van der Waals surface area (Å²) in [7, 11) is 1.49. The molecule has 0 fully saturated rings. The minimum atomic E-state index is -1.06. The summed E-state index contributed by atoms with van der Waals surface area (Å²) in [6.45, 7) is 1.88. The predicted molar refractivity (Wildman–Crippen MR) is 70.2 cm³/mol. The largest absolute Gasteiger partial charge is 0.480 e. The summed E-state index contributed by atoms with van der Waals surface area (Å²) in [6, 6.07) is 6.42. The Kier molecular flexibility index (Phi) is 3.76. The molecule has 5 heteroatoms.